The van der Waals surface area contributed by atoms with E-state index in [0.717, 1.165) is 16.6 Å². The van der Waals surface area contributed by atoms with Gasteiger partial charge in [-0.15, -0.1) is 0 Å². The van der Waals surface area contributed by atoms with Crippen molar-refractivity contribution in [3.8, 4) is 0 Å². The van der Waals surface area contributed by atoms with Crippen LogP contribution in [0.15, 0.2) is 53.0 Å². The average molecular weight is 350 g/mol. The quantitative estimate of drug-likeness (QED) is 0.780. The van der Waals surface area contributed by atoms with Crippen LogP contribution in [0.2, 0.25) is 0 Å². The summed E-state index contributed by atoms with van der Waals surface area (Å²) in [6, 6.07) is 15.5. The summed E-state index contributed by atoms with van der Waals surface area (Å²) in [6.07, 6.45) is 0. The van der Waals surface area contributed by atoms with E-state index in [2.05, 4.69) is 66.3 Å². The van der Waals surface area contributed by atoms with Crippen molar-refractivity contribution in [1.82, 2.24) is 5.32 Å². The first-order valence-electron chi connectivity index (χ1n) is 7.14. The van der Waals surface area contributed by atoms with E-state index in [9.17, 15) is 4.39 Å². The topological polar surface area (TPSA) is 12.0 Å². The molecule has 0 aliphatic heterocycles. The Bertz CT molecular complexity index is 595. The van der Waals surface area contributed by atoms with E-state index in [4.69, 9.17) is 0 Å². The molecule has 1 atom stereocenters. The van der Waals surface area contributed by atoms with Gasteiger partial charge in [-0.2, -0.15) is 0 Å². The predicted molar refractivity (Wildman–Crippen MR) is 90.0 cm³/mol. The van der Waals surface area contributed by atoms with Crippen molar-refractivity contribution in [2.45, 2.75) is 32.2 Å². The molecule has 21 heavy (non-hydrogen) atoms. The van der Waals surface area contributed by atoms with Gasteiger partial charge in [-0.25, -0.2) is 4.39 Å². The summed E-state index contributed by atoms with van der Waals surface area (Å²) >= 11 is 3.43. The Hall–Kier alpha value is -1.19. The molecule has 0 spiro atoms. The Labute approximate surface area is 134 Å². The Morgan fingerprint density at radius 3 is 2.43 bits per heavy atom. The molecule has 3 heteroatoms. The molecule has 0 fully saturated rings. The van der Waals surface area contributed by atoms with E-state index in [1.807, 2.05) is 12.1 Å². The lowest BCUT2D eigenvalue weighted by atomic mass is 9.84. The first-order chi connectivity index (χ1) is 9.90. The van der Waals surface area contributed by atoms with Gasteiger partial charge in [0.05, 0.1) is 0 Å². The first-order valence-corrected chi connectivity index (χ1v) is 7.93. The second-order valence-corrected chi connectivity index (χ2v) is 6.87. The lowest BCUT2D eigenvalue weighted by Gasteiger charge is -2.28. The molecule has 0 heterocycles. The Balaban J connectivity index is 2.05. The van der Waals surface area contributed by atoms with Crippen molar-refractivity contribution in [2.24, 2.45) is 0 Å². The summed E-state index contributed by atoms with van der Waals surface area (Å²) in [5, 5.41) is 3.55. The molecular formula is C18H21BrFN. The number of hydrogen-bond acceptors (Lipinski definition) is 1. The highest BCUT2D eigenvalue weighted by Crippen LogP contribution is 2.26. The highest BCUT2D eigenvalue weighted by Gasteiger charge is 2.21. The van der Waals surface area contributed by atoms with Gasteiger partial charge in [0.2, 0.25) is 0 Å². The Kier molecular flexibility index (Phi) is 5.17. The van der Waals surface area contributed by atoms with Gasteiger partial charge in [-0.3, -0.25) is 0 Å². The predicted octanol–water partition coefficient (Wildman–Crippen LogP) is 5.22. The van der Waals surface area contributed by atoms with Crippen LogP contribution in [-0.4, -0.2) is 6.54 Å². The van der Waals surface area contributed by atoms with Gasteiger partial charge >= 0.3 is 0 Å². The fourth-order valence-electron chi connectivity index (χ4n) is 2.36. The van der Waals surface area contributed by atoms with E-state index < -0.39 is 0 Å². The van der Waals surface area contributed by atoms with Crippen LogP contribution >= 0.6 is 15.9 Å². The number of halogens is 2. The van der Waals surface area contributed by atoms with E-state index in [1.54, 1.807) is 0 Å². The minimum atomic E-state index is -0.220. The lowest BCUT2D eigenvalue weighted by Crippen LogP contribution is -2.34. The van der Waals surface area contributed by atoms with Gasteiger partial charge in [0.25, 0.3) is 0 Å². The summed E-state index contributed by atoms with van der Waals surface area (Å²) in [4.78, 5) is 0. The molecule has 112 valence electrons. The SMILES string of the molecule is CC(NCC(C)(C)c1ccccc1)c1ccc(F)cc1Br. The van der Waals surface area contributed by atoms with Crippen LogP contribution < -0.4 is 5.32 Å². The van der Waals surface area contributed by atoms with Gasteiger partial charge in [0.15, 0.2) is 0 Å². The Morgan fingerprint density at radius 2 is 1.81 bits per heavy atom. The van der Waals surface area contributed by atoms with Crippen molar-refractivity contribution in [3.05, 3.63) is 69.9 Å². The molecule has 2 aromatic carbocycles. The normalized spacial score (nSPS) is 13.2. The van der Waals surface area contributed by atoms with Gasteiger partial charge in [-0.1, -0.05) is 66.2 Å². The van der Waals surface area contributed by atoms with Crippen LogP contribution in [0.3, 0.4) is 0 Å². The van der Waals surface area contributed by atoms with Gasteiger partial charge < -0.3 is 5.32 Å². The molecule has 1 N–H and O–H groups in total. The molecule has 0 radical (unpaired) electrons. The third-order valence-corrected chi connectivity index (χ3v) is 4.52. The number of nitrogens with one attached hydrogen (secondary N) is 1. The summed E-state index contributed by atoms with van der Waals surface area (Å²) in [6.45, 7) is 7.39. The minimum absolute atomic E-state index is 0.0437. The summed E-state index contributed by atoms with van der Waals surface area (Å²) in [5.41, 5.74) is 2.42. The molecule has 2 rings (SSSR count). The molecule has 0 aliphatic carbocycles. The Morgan fingerprint density at radius 1 is 1.14 bits per heavy atom. The zero-order valence-corrected chi connectivity index (χ0v) is 14.2. The van der Waals surface area contributed by atoms with E-state index in [0.29, 0.717) is 0 Å². The zero-order valence-electron chi connectivity index (χ0n) is 12.7. The van der Waals surface area contributed by atoms with E-state index in [1.165, 1.54) is 17.7 Å². The fourth-order valence-corrected chi connectivity index (χ4v) is 3.06. The molecule has 0 saturated heterocycles. The van der Waals surface area contributed by atoms with Crippen molar-refractivity contribution >= 4 is 15.9 Å². The molecule has 0 saturated carbocycles. The maximum Gasteiger partial charge on any atom is 0.124 e. The van der Waals surface area contributed by atoms with Crippen LogP contribution in [0.5, 0.6) is 0 Å². The third-order valence-electron chi connectivity index (χ3n) is 3.83. The highest BCUT2D eigenvalue weighted by molar-refractivity contribution is 9.10. The van der Waals surface area contributed by atoms with Crippen molar-refractivity contribution in [1.29, 1.82) is 0 Å². The minimum Gasteiger partial charge on any atom is -0.309 e. The molecule has 0 bridgehead atoms. The summed E-state index contributed by atoms with van der Waals surface area (Å²) in [5.74, 6) is -0.220. The second-order valence-electron chi connectivity index (χ2n) is 6.02. The smallest absolute Gasteiger partial charge is 0.124 e. The van der Waals surface area contributed by atoms with Crippen LogP contribution in [0, 0.1) is 5.82 Å². The molecule has 0 aromatic heterocycles. The standard InChI is InChI=1S/C18H21BrFN/c1-13(16-10-9-15(20)11-17(16)19)21-12-18(2,3)14-7-5-4-6-8-14/h4-11,13,21H,12H2,1-3H3. The zero-order chi connectivity index (χ0) is 15.5. The molecule has 0 aliphatic rings. The van der Waals surface area contributed by atoms with Gasteiger partial charge in [0.1, 0.15) is 5.82 Å². The number of benzene rings is 2. The monoisotopic (exact) mass is 349 g/mol. The van der Waals surface area contributed by atoms with Crippen LogP contribution in [-0.2, 0) is 5.41 Å². The molecule has 1 unspecified atom stereocenters. The third kappa shape index (κ3) is 4.14. The van der Waals surface area contributed by atoms with E-state index >= 15 is 0 Å². The molecule has 0 amide bonds. The molecule has 1 nitrogen and oxygen atoms in total. The number of rotatable bonds is 5. The van der Waals surface area contributed by atoms with Gasteiger partial charge in [-0.05, 0) is 30.2 Å². The van der Waals surface area contributed by atoms with Crippen molar-refractivity contribution in [3.63, 3.8) is 0 Å². The lowest BCUT2D eigenvalue weighted by molar-refractivity contribution is 0.434. The van der Waals surface area contributed by atoms with E-state index in [-0.39, 0.29) is 17.3 Å². The van der Waals surface area contributed by atoms with Gasteiger partial charge in [0, 0.05) is 22.5 Å². The van der Waals surface area contributed by atoms with Crippen molar-refractivity contribution < 1.29 is 4.39 Å². The second kappa shape index (κ2) is 6.71. The summed E-state index contributed by atoms with van der Waals surface area (Å²) in [7, 11) is 0. The maximum atomic E-state index is 13.2. The average Bonchev–Trinajstić information content (AvgIpc) is 2.46. The van der Waals surface area contributed by atoms with Crippen molar-refractivity contribution in [2.75, 3.05) is 6.54 Å². The fraction of sp³-hybridized carbons (Fsp3) is 0.333. The number of hydrogen-bond donors (Lipinski definition) is 1. The first kappa shape index (κ1) is 16.2. The highest BCUT2D eigenvalue weighted by atomic mass is 79.9. The molecule has 2 aromatic rings. The molecular weight excluding hydrogens is 329 g/mol. The maximum absolute atomic E-state index is 13.2. The van der Waals surface area contributed by atoms with Crippen LogP contribution in [0.25, 0.3) is 0 Å². The van der Waals surface area contributed by atoms with Crippen LogP contribution in [0.4, 0.5) is 4.39 Å². The summed E-state index contributed by atoms with van der Waals surface area (Å²) < 4.78 is 14.0. The largest absolute Gasteiger partial charge is 0.309 e. The van der Waals surface area contributed by atoms with Crippen LogP contribution in [0.1, 0.15) is 37.9 Å².